The Morgan fingerprint density at radius 2 is 1.48 bits per heavy atom. The first-order valence-electron chi connectivity index (χ1n) is 11.3. The molecule has 0 aliphatic rings. The van der Waals surface area contributed by atoms with Crippen molar-refractivity contribution in [2.75, 3.05) is 0 Å². The number of hydrogen-bond donors (Lipinski definition) is 1. The summed E-state index contributed by atoms with van der Waals surface area (Å²) < 4.78 is 13.3. The fraction of sp³-hybridized carbons (Fsp3) is 0.462. The van der Waals surface area contributed by atoms with Gasteiger partial charge in [-0.2, -0.15) is 0 Å². The molecular formula is C26H35FN2O2. The Hall–Kier alpha value is -2.69. The summed E-state index contributed by atoms with van der Waals surface area (Å²) in [6.07, 6.45) is 3.25. The third kappa shape index (κ3) is 7.50. The van der Waals surface area contributed by atoms with Crippen LogP contribution in [0.4, 0.5) is 4.39 Å². The summed E-state index contributed by atoms with van der Waals surface area (Å²) in [5, 5.41) is 3.00. The molecule has 2 rings (SSSR count). The van der Waals surface area contributed by atoms with Gasteiger partial charge in [-0.15, -0.1) is 0 Å². The molecule has 2 amide bonds. The van der Waals surface area contributed by atoms with Crippen LogP contribution in [0.2, 0.25) is 0 Å². The van der Waals surface area contributed by atoms with Crippen molar-refractivity contribution in [1.29, 1.82) is 0 Å². The molecule has 31 heavy (non-hydrogen) atoms. The molecule has 2 aromatic rings. The first-order chi connectivity index (χ1) is 14.9. The molecule has 0 aromatic heterocycles. The molecule has 2 atom stereocenters. The lowest BCUT2D eigenvalue weighted by molar-refractivity contribution is -0.141. The zero-order chi connectivity index (χ0) is 22.8. The number of nitrogens with one attached hydrogen (secondary N) is 1. The number of amides is 2. The van der Waals surface area contributed by atoms with Crippen molar-refractivity contribution in [2.24, 2.45) is 0 Å². The lowest BCUT2D eigenvalue weighted by Crippen LogP contribution is -2.50. The van der Waals surface area contributed by atoms with E-state index in [2.05, 4.69) is 36.5 Å². The highest BCUT2D eigenvalue weighted by atomic mass is 19.1. The maximum atomic E-state index is 13.3. The lowest BCUT2D eigenvalue weighted by Gasteiger charge is -2.31. The van der Waals surface area contributed by atoms with Crippen molar-refractivity contribution in [3.63, 3.8) is 0 Å². The number of hydrogen-bond acceptors (Lipinski definition) is 2. The number of aryl methyl sites for hydroxylation is 2. The molecule has 0 unspecified atom stereocenters. The van der Waals surface area contributed by atoms with Gasteiger partial charge >= 0.3 is 0 Å². The third-order valence-electron chi connectivity index (χ3n) is 5.71. The predicted octanol–water partition coefficient (Wildman–Crippen LogP) is 5.04. The molecule has 2 aromatic carbocycles. The highest BCUT2D eigenvalue weighted by Crippen LogP contribution is 2.16. The number of nitrogens with zero attached hydrogens (tertiary/aromatic N) is 1. The monoisotopic (exact) mass is 426 g/mol. The van der Waals surface area contributed by atoms with Gasteiger partial charge in [-0.25, -0.2) is 4.39 Å². The van der Waals surface area contributed by atoms with Gasteiger partial charge in [0.1, 0.15) is 11.9 Å². The summed E-state index contributed by atoms with van der Waals surface area (Å²) in [6, 6.07) is 13.9. The van der Waals surface area contributed by atoms with Gasteiger partial charge in [0.05, 0.1) is 0 Å². The van der Waals surface area contributed by atoms with Crippen LogP contribution >= 0.6 is 0 Å². The van der Waals surface area contributed by atoms with Gasteiger partial charge in [0, 0.05) is 19.0 Å². The van der Waals surface area contributed by atoms with Crippen molar-refractivity contribution in [3.8, 4) is 0 Å². The van der Waals surface area contributed by atoms with Gasteiger partial charge in [0.25, 0.3) is 0 Å². The maximum Gasteiger partial charge on any atom is 0.243 e. The van der Waals surface area contributed by atoms with Crippen LogP contribution in [0, 0.1) is 5.82 Å². The first kappa shape index (κ1) is 24.6. The molecule has 5 heteroatoms. The van der Waals surface area contributed by atoms with E-state index in [1.165, 1.54) is 17.7 Å². The summed E-state index contributed by atoms with van der Waals surface area (Å²) in [4.78, 5) is 27.8. The SMILES string of the molecule is CCc1ccc(CCC(=O)N(Cc2ccc(F)cc2)[C@@H](CC)C(=O)N[C@@H](C)CC)cc1. The fourth-order valence-electron chi connectivity index (χ4n) is 3.48. The molecule has 1 N–H and O–H groups in total. The van der Waals surface area contributed by atoms with E-state index in [-0.39, 0.29) is 30.2 Å². The molecule has 4 nitrogen and oxygen atoms in total. The number of rotatable bonds is 11. The molecule has 0 radical (unpaired) electrons. The van der Waals surface area contributed by atoms with Gasteiger partial charge in [0.15, 0.2) is 0 Å². The van der Waals surface area contributed by atoms with Crippen LogP contribution in [-0.4, -0.2) is 28.8 Å². The van der Waals surface area contributed by atoms with Gasteiger partial charge in [-0.05, 0) is 61.4 Å². The van der Waals surface area contributed by atoms with Crippen LogP contribution in [0.1, 0.15) is 63.6 Å². The van der Waals surface area contributed by atoms with E-state index in [1.807, 2.05) is 20.8 Å². The average Bonchev–Trinajstić information content (AvgIpc) is 2.78. The largest absolute Gasteiger partial charge is 0.352 e. The van der Waals surface area contributed by atoms with E-state index >= 15 is 0 Å². The molecule has 0 aliphatic carbocycles. The van der Waals surface area contributed by atoms with E-state index < -0.39 is 6.04 Å². The Bertz CT molecular complexity index is 833. The van der Waals surface area contributed by atoms with Crippen molar-refractivity contribution < 1.29 is 14.0 Å². The molecule has 0 aliphatic heterocycles. The first-order valence-corrected chi connectivity index (χ1v) is 11.3. The summed E-state index contributed by atoms with van der Waals surface area (Å²) >= 11 is 0. The summed E-state index contributed by atoms with van der Waals surface area (Å²) in [6.45, 7) is 8.27. The van der Waals surface area contributed by atoms with Gasteiger partial charge < -0.3 is 10.2 Å². The predicted molar refractivity (Wildman–Crippen MR) is 123 cm³/mol. The van der Waals surface area contributed by atoms with Crippen molar-refractivity contribution in [1.82, 2.24) is 10.2 Å². The molecule has 0 spiro atoms. The van der Waals surface area contributed by atoms with Crippen LogP contribution in [0.25, 0.3) is 0 Å². The smallest absolute Gasteiger partial charge is 0.243 e. The van der Waals surface area contributed by atoms with Crippen molar-refractivity contribution in [3.05, 3.63) is 71.0 Å². The number of carbonyl (C=O) groups is 2. The zero-order valence-corrected chi connectivity index (χ0v) is 19.2. The normalized spacial score (nSPS) is 12.8. The van der Waals surface area contributed by atoms with Crippen LogP contribution in [0.5, 0.6) is 0 Å². The molecule has 0 bridgehead atoms. The maximum absolute atomic E-state index is 13.3. The zero-order valence-electron chi connectivity index (χ0n) is 19.2. The lowest BCUT2D eigenvalue weighted by atomic mass is 10.0. The van der Waals surface area contributed by atoms with E-state index in [0.717, 1.165) is 24.0 Å². The number of carbonyl (C=O) groups excluding carboxylic acids is 2. The molecular weight excluding hydrogens is 391 g/mol. The Balaban J connectivity index is 2.18. The Labute approximate surface area is 185 Å². The van der Waals surface area contributed by atoms with Crippen molar-refractivity contribution >= 4 is 11.8 Å². The Morgan fingerprint density at radius 1 is 0.903 bits per heavy atom. The molecule has 168 valence electrons. The topological polar surface area (TPSA) is 49.4 Å². The number of benzene rings is 2. The Morgan fingerprint density at radius 3 is 2.03 bits per heavy atom. The second kappa shape index (κ2) is 12.2. The minimum Gasteiger partial charge on any atom is -0.352 e. The van der Waals surface area contributed by atoms with Gasteiger partial charge in [-0.3, -0.25) is 9.59 Å². The second-order valence-electron chi connectivity index (χ2n) is 8.06. The quantitative estimate of drug-likeness (QED) is 0.547. The number of halogens is 1. The molecule has 0 saturated heterocycles. The van der Waals surface area contributed by atoms with Crippen molar-refractivity contribution in [2.45, 2.75) is 78.4 Å². The summed E-state index contributed by atoms with van der Waals surface area (Å²) in [5.41, 5.74) is 3.17. The van der Waals surface area contributed by atoms with E-state index in [0.29, 0.717) is 19.3 Å². The highest BCUT2D eigenvalue weighted by molar-refractivity contribution is 5.87. The van der Waals surface area contributed by atoms with E-state index in [1.54, 1.807) is 17.0 Å². The minimum absolute atomic E-state index is 0.0430. The molecule has 0 fully saturated rings. The van der Waals surface area contributed by atoms with Gasteiger partial charge in [-0.1, -0.05) is 57.2 Å². The van der Waals surface area contributed by atoms with Crippen LogP contribution in [-0.2, 0) is 29.0 Å². The van der Waals surface area contributed by atoms with Crippen LogP contribution in [0.15, 0.2) is 48.5 Å². The standard InChI is InChI=1S/C26H35FN2O2/c1-5-19(4)28-26(31)24(7-3)29(18-22-12-15-23(27)16-13-22)25(30)17-14-21-10-8-20(6-2)9-11-21/h8-13,15-16,19,24H,5-7,14,17-18H2,1-4H3,(H,28,31)/t19-,24-/m0/s1. The minimum atomic E-state index is -0.561. The van der Waals surface area contributed by atoms with Crippen LogP contribution < -0.4 is 5.32 Å². The second-order valence-corrected chi connectivity index (χ2v) is 8.06. The fourth-order valence-corrected chi connectivity index (χ4v) is 3.48. The molecule has 0 heterocycles. The summed E-state index contributed by atoms with van der Waals surface area (Å²) in [5.74, 6) is -0.534. The highest BCUT2D eigenvalue weighted by Gasteiger charge is 2.29. The van der Waals surface area contributed by atoms with Gasteiger partial charge in [0.2, 0.25) is 11.8 Å². The summed E-state index contributed by atoms with van der Waals surface area (Å²) in [7, 11) is 0. The third-order valence-corrected chi connectivity index (χ3v) is 5.71. The average molecular weight is 427 g/mol. The van der Waals surface area contributed by atoms with Crippen LogP contribution in [0.3, 0.4) is 0 Å². The molecule has 0 saturated carbocycles. The Kier molecular flexibility index (Phi) is 9.70. The van der Waals surface area contributed by atoms with E-state index in [4.69, 9.17) is 0 Å². The van der Waals surface area contributed by atoms with E-state index in [9.17, 15) is 14.0 Å².